The van der Waals surface area contributed by atoms with Gasteiger partial charge in [-0.15, -0.1) is 0 Å². The van der Waals surface area contributed by atoms with E-state index in [1.54, 1.807) is 0 Å². The molecular formula is H2AlBO2Si. The fraction of sp³-hybridized carbons (Fsp3) is 0. The maximum atomic E-state index is 8.79. The topological polar surface area (TPSA) is 34.1 Å². The van der Waals surface area contributed by atoms with Crippen LogP contribution in [0.5, 0.6) is 0 Å². The van der Waals surface area contributed by atoms with Gasteiger partial charge in [-0.05, 0) is 0 Å². The molecule has 0 unspecified atom stereocenters. The fourth-order valence-electron chi connectivity index (χ4n) is 0. The third kappa shape index (κ3) is 150. The molecule has 0 saturated carbocycles. The molecule has 2 radical (unpaired) electrons. The van der Waals surface area contributed by atoms with Crippen molar-refractivity contribution in [3.63, 3.8) is 0 Å². The van der Waals surface area contributed by atoms with Gasteiger partial charge in [-0.3, -0.25) is 0 Å². The van der Waals surface area contributed by atoms with Gasteiger partial charge in [0.1, 0.15) is 7.44 Å². The molecule has 0 aliphatic carbocycles. The average Bonchev–Trinajstić information content (AvgIpc) is 1.46. The van der Waals surface area contributed by atoms with Gasteiger partial charge in [0.2, 0.25) is 0 Å². The molecule has 5 heavy (non-hydrogen) atoms. The first-order valence-corrected chi connectivity index (χ1v) is 2.57. The summed E-state index contributed by atoms with van der Waals surface area (Å²) in [5.74, 6) is 0. The second-order valence-corrected chi connectivity index (χ2v) is 0.408. The Kier molecular flexibility index (Phi) is 46.6. The first-order chi connectivity index (χ1) is 2.41. The van der Waals surface area contributed by atoms with E-state index in [1.807, 2.05) is 0 Å². The van der Waals surface area contributed by atoms with Gasteiger partial charge in [0.15, 0.2) is 9.28 Å². The van der Waals surface area contributed by atoms with E-state index in [0.717, 1.165) is 0 Å². The van der Waals surface area contributed by atoms with Gasteiger partial charge in [0, 0.05) is 0 Å². The van der Waals surface area contributed by atoms with Crippen molar-refractivity contribution in [1.82, 2.24) is 0 Å². The molecule has 0 atom stereocenters. The zero-order valence-corrected chi connectivity index (χ0v) is 5.25. The van der Waals surface area contributed by atoms with Crippen LogP contribution in [-0.2, 0) is 8.27 Å². The summed E-state index contributed by atoms with van der Waals surface area (Å²) in [4.78, 5) is 0. The minimum atomic E-state index is -1.00. The Morgan fingerprint density at radius 2 is 1.60 bits per heavy atom. The molecule has 0 aliphatic heterocycles. The Morgan fingerprint density at radius 3 is 1.60 bits per heavy atom. The second-order valence-electron chi connectivity index (χ2n) is 0.136. The summed E-state index contributed by atoms with van der Waals surface area (Å²) >= 11 is 0.611. The predicted octanol–water partition coefficient (Wildman–Crippen LogP) is -1.92. The van der Waals surface area contributed by atoms with Crippen molar-refractivity contribution in [3.8, 4) is 0 Å². The van der Waals surface area contributed by atoms with E-state index in [0.29, 0.717) is 16.2 Å². The SMILES string of the molecule is [B][SiH]=O.[O]=[AlH]. The number of hydrogen-bond donors (Lipinski definition) is 0. The van der Waals surface area contributed by atoms with E-state index in [2.05, 4.69) is 7.44 Å². The van der Waals surface area contributed by atoms with Gasteiger partial charge in [-0.25, -0.2) is 0 Å². The van der Waals surface area contributed by atoms with E-state index < -0.39 is 9.28 Å². The average molecular weight is 99.9 g/mol. The zero-order valence-electron chi connectivity index (χ0n) is 2.68. The molecule has 0 heterocycles. The molecule has 0 N–H and O–H groups in total. The van der Waals surface area contributed by atoms with Crippen molar-refractivity contribution < 1.29 is 8.27 Å². The zero-order chi connectivity index (χ0) is 4.71. The van der Waals surface area contributed by atoms with E-state index in [4.69, 9.17) is 8.27 Å². The van der Waals surface area contributed by atoms with Crippen LogP contribution in [0.4, 0.5) is 0 Å². The fourth-order valence-corrected chi connectivity index (χ4v) is 0. The monoisotopic (exact) mass is 100.0 g/mol. The van der Waals surface area contributed by atoms with Crippen molar-refractivity contribution in [2.75, 3.05) is 0 Å². The van der Waals surface area contributed by atoms with Crippen LogP contribution in [0.15, 0.2) is 0 Å². The van der Waals surface area contributed by atoms with Crippen molar-refractivity contribution in [2.24, 2.45) is 0 Å². The normalized spacial score (nSPS) is 3.00. The minimum absolute atomic E-state index is 0.611. The number of rotatable bonds is 0. The second kappa shape index (κ2) is 25.7. The molecule has 0 aromatic heterocycles. The van der Waals surface area contributed by atoms with Crippen LogP contribution in [0.2, 0.25) is 0 Å². The van der Waals surface area contributed by atoms with Crippen molar-refractivity contribution in [1.29, 1.82) is 0 Å². The van der Waals surface area contributed by atoms with Crippen LogP contribution in [0.3, 0.4) is 0 Å². The Labute approximate surface area is 41.8 Å². The standard InChI is InChI=1S/Al.BHOSi.O.H/c;1-3-2;;/h;3H;;. The van der Waals surface area contributed by atoms with Crippen molar-refractivity contribution in [2.45, 2.75) is 0 Å². The predicted molar refractivity (Wildman–Crippen MR) is 21.4 cm³/mol. The summed E-state index contributed by atoms with van der Waals surface area (Å²) in [5, 5.41) is 0. The Bertz CT molecular complexity index is 23.6. The quantitative estimate of drug-likeness (QED) is 0.332. The van der Waals surface area contributed by atoms with Crippen molar-refractivity contribution in [3.05, 3.63) is 0 Å². The van der Waals surface area contributed by atoms with Gasteiger partial charge in [0.25, 0.3) is 0 Å². The number of hydrogen-bond acceptors (Lipinski definition) is 2. The Morgan fingerprint density at radius 1 is 1.60 bits per heavy atom. The van der Waals surface area contributed by atoms with Crippen LogP contribution in [-0.4, -0.2) is 32.9 Å². The summed E-state index contributed by atoms with van der Waals surface area (Å²) in [5.41, 5.74) is 0. The molecule has 0 aromatic rings. The van der Waals surface area contributed by atoms with Crippen LogP contribution in [0.1, 0.15) is 0 Å². The molecule has 5 heteroatoms. The summed E-state index contributed by atoms with van der Waals surface area (Å²) in [6.45, 7) is 0. The molecule has 0 bridgehead atoms. The van der Waals surface area contributed by atoms with Crippen LogP contribution >= 0.6 is 0 Å². The Hall–Kier alpha value is 0.414. The van der Waals surface area contributed by atoms with E-state index in [9.17, 15) is 0 Å². The van der Waals surface area contributed by atoms with Crippen LogP contribution < -0.4 is 0 Å². The van der Waals surface area contributed by atoms with E-state index in [-0.39, 0.29) is 0 Å². The first kappa shape index (κ1) is 9.05. The molecule has 0 rings (SSSR count). The summed E-state index contributed by atoms with van der Waals surface area (Å²) in [6, 6.07) is 0. The third-order valence-electron chi connectivity index (χ3n) is 0. The molecule has 0 fully saturated rings. The van der Waals surface area contributed by atoms with Gasteiger partial charge < -0.3 is 4.46 Å². The third-order valence-corrected chi connectivity index (χ3v) is 0. The van der Waals surface area contributed by atoms with Gasteiger partial charge in [-0.2, -0.15) is 0 Å². The molecule has 24 valence electrons. The molecule has 0 saturated heterocycles. The molecule has 0 aliphatic rings. The summed E-state index contributed by atoms with van der Waals surface area (Å²) < 4.78 is 17.1. The maximum absolute atomic E-state index is 8.79. The van der Waals surface area contributed by atoms with Crippen LogP contribution in [0, 0.1) is 0 Å². The van der Waals surface area contributed by atoms with E-state index in [1.165, 1.54) is 0 Å². The first-order valence-electron chi connectivity index (χ1n) is 0.858. The molecule has 0 amide bonds. The summed E-state index contributed by atoms with van der Waals surface area (Å²) in [6.07, 6.45) is 0. The van der Waals surface area contributed by atoms with Gasteiger partial charge in [0.05, 0.1) is 0 Å². The molecular weight excluding hydrogens is 97.9 g/mol. The molecule has 2 nitrogen and oxygen atoms in total. The van der Waals surface area contributed by atoms with Gasteiger partial charge in [-0.1, -0.05) is 0 Å². The van der Waals surface area contributed by atoms with Crippen LogP contribution in [0.25, 0.3) is 0 Å². The van der Waals surface area contributed by atoms with Gasteiger partial charge >= 0.3 is 20.0 Å². The van der Waals surface area contributed by atoms with E-state index >= 15 is 0 Å². The van der Waals surface area contributed by atoms with Crippen molar-refractivity contribution >= 4 is 32.9 Å². The summed E-state index contributed by atoms with van der Waals surface area (Å²) in [7, 11) is 3.37. The molecule has 0 spiro atoms. The Balaban J connectivity index is 0. The molecule has 0 aromatic carbocycles.